The Labute approximate surface area is 159 Å². The van der Waals surface area contributed by atoms with Crippen molar-refractivity contribution >= 4 is 22.6 Å². The first kappa shape index (κ1) is 17.4. The van der Waals surface area contributed by atoms with E-state index in [1.807, 2.05) is 31.2 Å². The highest BCUT2D eigenvalue weighted by Gasteiger charge is 2.17. The Hall–Kier alpha value is -2.04. The summed E-state index contributed by atoms with van der Waals surface area (Å²) in [5.74, 6) is 1.99. The number of nitrogens with zero attached hydrogens (tertiary/aromatic N) is 3. The van der Waals surface area contributed by atoms with Crippen LogP contribution in [0.5, 0.6) is 5.75 Å². The molecule has 2 heterocycles. The minimum absolute atomic E-state index is 0.606. The third kappa shape index (κ3) is 3.71. The Morgan fingerprint density at radius 3 is 2.73 bits per heavy atom. The van der Waals surface area contributed by atoms with Gasteiger partial charge in [-0.15, -0.1) is 0 Å². The molecule has 4 nitrogen and oxygen atoms in total. The summed E-state index contributed by atoms with van der Waals surface area (Å²) < 4.78 is 8.27. The highest BCUT2D eigenvalue weighted by molar-refractivity contribution is 6.31. The molecule has 0 unspecified atom stereocenters. The molecule has 1 saturated heterocycles. The molecule has 0 atom stereocenters. The summed E-state index contributed by atoms with van der Waals surface area (Å²) in [5.41, 5.74) is 3.27. The smallest absolute Gasteiger partial charge is 0.124 e. The second-order valence-electron chi connectivity index (χ2n) is 6.91. The van der Waals surface area contributed by atoms with E-state index in [2.05, 4.69) is 27.7 Å². The Morgan fingerprint density at radius 2 is 1.92 bits per heavy atom. The fourth-order valence-corrected chi connectivity index (χ4v) is 3.72. The largest absolute Gasteiger partial charge is 0.492 e. The SMILES string of the molecule is Cc1cc(OCCn2c(CN3CCCC3)nc3ccccc32)ccc1Cl. The zero-order valence-corrected chi connectivity index (χ0v) is 15.9. The Balaban J connectivity index is 1.51. The summed E-state index contributed by atoms with van der Waals surface area (Å²) in [4.78, 5) is 7.36. The number of likely N-dealkylation sites (tertiary alicyclic amines) is 1. The molecule has 0 radical (unpaired) electrons. The van der Waals surface area contributed by atoms with E-state index in [0.29, 0.717) is 6.61 Å². The quantitative estimate of drug-likeness (QED) is 0.632. The number of para-hydroxylation sites is 2. The molecule has 3 aromatic rings. The average molecular weight is 370 g/mol. The van der Waals surface area contributed by atoms with E-state index in [4.69, 9.17) is 21.3 Å². The van der Waals surface area contributed by atoms with Crippen LogP contribution in [0.4, 0.5) is 0 Å². The van der Waals surface area contributed by atoms with Gasteiger partial charge in [0.25, 0.3) is 0 Å². The molecule has 5 heteroatoms. The van der Waals surface area contributed by atoms with E-state index in [9.17, 15) is 0 Å². The lowest BCUT2D eigenvalue weighted by Gasteiger charge is -2.16. The van der Waals surface area contributed by atoms with Crippen molar-refractivity contribution in [2.75, 3.05) is 19.7 Å². The third-order valence-corrected chi connectivity index (χ3v) is 5.43. The monoisotopic (exact) mass is 369 g/mol. The fraction of sp³-hybridized carbons (Fsp3) is 0.381. The second kappa shape index (κ2) is 7.68. The number of ether oxygens (including phenoxy) is 1. The van der Waals surface area contributed by atoms with Gasteiger partial charge in [-0.05, 0) is 68.8 Å². The van der Waals surface area contributed by atoms with Gasteiger partial charge in [0.1, 0.15) is 18.2 Å². The van der Waals surface area contributed by atoms with Crippen LogP contribution in [0.15, 0.2) is 42.5 Å². The first-order valence-electron chi connectivity index (χ1n) is 9.26. The van der Waals surface area contributed by atoms with Gasteiger partial charge in [0, 0.05) is 5.02 Å². The predicted octanol–water partition coefficient (Wildman–Crippen LogP) is 4.67. The van der Waals surface area contributed by atoms with Crippen LogP contribution in [-0.4, -0.2) is 34.1 Å². The summed E-state index contributed by atoms with van der Waals surface area (Å²) in [6, 6.07) is 14.1. The molecule has 4 rings (SSSR count). The van der Waals surface area contributed by atoms with Gasteiger partial charge in [0.15, 0.2) is 0 Å². The number of hydrogen-bond donors (Lipinski definition) is 0. The van der Waals surface area contributed by atoms with Crippen LogP contribution in [-0.2, 0) is 13.1 Å². The number of imidazole rings is 1. The molecular formula is C21H24ClN3O. The molecule has 0 aliphatic carbocycles. The first-order valence-corrected chi connectivity index (χ1v) is 9.64. The van der Waals surface area contributed by atoms with Gasteiger partial charge in [0.05, 0.1) is 24.1 Å². The predicted molar refractivity (Wildman–Crippen MR) is 106 cm³/mol. The number of hydrogen-bond acceptors (Lipinski definition) is 3. The number of fused-ring (bicyclic) bond motifs is 1. The van der Waals surface area contributed by atoms with E-state index >= 15 is 0 Å². The Morgan fingerprint density at radius 1 is 1.12 bits per heavy atom. The van der Waals surface area contributed by atoms with E-state index < -0.39 is 0 Å². The zero-order chi connectivity index (χ0) is 17.9. The van der Waals surface area contributed by atoms with Gasteiger partial charge in [0.2, 0.25) is 0 Å². The van der Waals surface area contributed by atoms with Crippen LogP contribution >= 0.6 is 11.6 Å². The molecule has 1 fully saturated rings. The third-order valence-electron chi connectivity index (χ3n) is 5.01. The van der Waals surface area contributed by atoms with Crippen molar-refractivity contribution in [2.45, 2.75) is 32.9 Å². The molecule has 26 heavy (non-hydrogen) atoms. The maximum Gasteiger partial charge on any atom is 0.124 e. The number of rotatable bonds is 6. The minimum Gasteiger partial charge on any atom is -0.492 e. The number of benzene rings is 2. The van der Waals surface area contributed by atoms with E-state index in [1.54, 1.807) is 0 Å². The van der Waals surface area contributed by atoms with Gasteiger partial charge in [-0.3, -0.25) is 4.90 Å². The molecule has 0 N–H and O–H groups in total. The van der Waals surface area contributed by atoms with Crippen molar-refractivity contribution in [2.24, 2.45) is 0 Å². The fourth-order valence-electron chi connectivity index (χ4n) is 3.60. The zero-order valence-electron chi connectivity index (χ0n) is 15.1. The van der Waals surface area contributed by atoms with Crippen molar-refractivity contribution < 1.29 is 4.74 Å². The summed E-state index contributed by atoms with van der Waals surface area (Å²) in [6.07, 6.45) is 2.58. The van der Waals surface area contributed by atoms with Crippen LogP contribution in [0.1, 0.15) is 24.2 Å². The standard InChI is InChI=1S/C21H24ClN3O/c1-16-14-17(8-9-18(16)22)26-13-12-25-20-7-3-2-6-19(20)23-21(25)15-24-10-4-5-11-24/h2-3,6-9,14H,4-5,10-13,15H2,1H3. The Kier molecular flexibility index (Phi) is 5.14. The summed E-state index contributed by atoms with van der Waals surface area (Å²) >= 11 is 6.09. The molecule has 1 aliphatic heterocycles. The maximum absolute atomic E-state index is 6.09. The lowest BCUT2D eigenvalue weighted by Crippen LogP contribution is -2.22. The first-order chi connectivity index (χ1) is 12.7. The van der Waals surface area contributed by atoms with Crippen molar-refractivity contribution in [3.8, 4) is 5.75 Å². The molecule has 1 aliphatic rings. The van der Waals surface area contributed by atoms with Crippen LogP contribution < -0.4 is 4.74 Å². The Bertz CT molecular complexity index is 899. The summed E-state index contributed by atoms with van der Waals surface area (Å²) in [5, 5.41) is 0.769. The van der Waals surface area contributed by atoms with Crippen LogP contribution in [0, 0.1) is 6.92 Å². The normalized spacial score (nSPS) is 15.0. The molecule has 0 saturated carbocycles. The number of aryl methyl sites for hydroxylation is 1. The maximum atomic E-state index is 6.09. The van der Waals surface area contributed by atoms with Crippen molar-refractivity contribution in [3.63, 3.8) is 0 Å². The van der Waals surface area contributed by atoms with Gasteiger partial charge in [-0.25, -0.2) is 4.98 Å². The van der Waals surface area contributed by atoms with Gasteiger partial charge < -0.3 is 9.30 Å². The summed E-state index contributed by atoms with van der Waals surface area (Å²) in [7, 11) is 0. The molecule has 1 aromatic heterocycles. The van der Waals surface area contributed by atoms with Gasteiger partial charge in [-0.1, -0.05) is 23.7 Å². The van der Waals surface area contributed by atoms with E-state index in [0.717, 1.165) is 40.8 Å². The van der Waals surface area contributed by atoms with Crippen molar-refractivity contribution in [1.29, 1.82) is 0 Å². The lowest BCUT2D eigenvalue weighted by atomic mass is 10.2. The van der Waals surface area contributed by atoms with Crippen molar-refractivity contribution in [3.05, 3.63) is 58.9 Å². The lowest BCUT2D eigenvalue weighted by molar-refractivity contribution is 0.285. The van der Waals surface area contributed by atoms with Crippen molar-refractivity contribution in [1.82, 2.24) is 14.5 Å². The van der Waals surface area contributed by atoms with E-state index in [1.165, 1.54) is 31.4 Å². The molecule has 0 bridgehead atoms. The topological polar surface area (TPSA) is 30.3 Å². The highest BCUT2D eigenvalue weighted by Crippen LogP contribution is 2.22. The second-order valence-corrected chi connectivity index (χ2v) is 7.32. The van der Waals surface area contributed by atoms with Crippen LogP contribution in [0.25, 0.3) is 11.0 Å². The van der Waals surface area contributed by atoms with Crippen LogP contribution in [0.3, 0.4) is 0 Å². The summed E-state index contributed by atoms with van der Waals surface area (Å²) in [6.45, 7) is 6.63. The molecular weight excluding hydrogens is 346 g/mol. The number of aromatic nitrogens is 2. The van der Waals surface area contributed by atoms with Crippen LogP contribution in [0.2, 0.25) is 5.02 Å². The van der Waals surface area contributed by atoms with E-state index in [-0.39, 0.29) is 0 Å². The molecule has 0 spiro atoms. The average Bonchev–Trinajstić information content (AvgIpc) is 3.27. The highest BCUT2D eigenvalue weighted by atomic mass is 35.5. The molecule has 0 amide bonds. The van der Waals surface area contributed by atoms with Gasteiger partial charge in [-0.2, -0.15) is 0 Å². The number of halogens is 1. The van der Waals surface area contributed by atoms with Gasteiger partial charge >= 0.3 is 0 Å². The molecule has 2 aromatic carbocycles. The minimum atomic E-state index is 0.606. The molecule has 136 valence electrons.